The summed E-state index contributed by atoms with van der Waals surface area (Å²) in [5, 5.41) is 9.79. The Morgan fingerprint density at radius 1 is 1.19 bits per heavy atom. The first-order valence-corrected chi connectivity index (χ1v) is 9.23. The van der Waals surface area contributed by atoms with Gasteiger partial charge in [-0.05, 0) is 53.9 Å². The van der Waals surface area contributed by atoms with Crippen LogP contribution in [-0.4, -0.2) is 19.2 Å². The highest BCUT2D eigenvalue weighted by Gasteiger charge is 2.32. The molecule has 27 heavy (non-hydrogen) atoms. The van der Waals surface area contributed by atoms with Crippen molar-refractivity contribution in [2.45, 2.75) is 40.0 Å². The molecule has 0 spiro atoms. The smallest absolute Gasteiger partial charge is 0.161 e. The van der Waals surface area contributed by atoms with Gasteiger partial charge in [-0.3, -0.25) is 0 Å². The summed E-state index contributed by atoms with van der Waals surface area (Å²) in [6.45, 7) is 6.82. The Morgan fingerprint density at radius 3 is 2.48 bits per heavy atom. The van der Waals surface area contributed by atoms with Crippen LogP contribution in [0, 0.1) is 22.7 Å². The Morgan fingerprint density at radius 2 is 1.89 bits per heavy atom. The van der Waals surface area contributed by atoms with Gasteiger partial charge < -0.3 is 15.2 Å². The molecule has 0 aliphatic heterocycles. The van der Waals surface area contributed by atoms with Gasteiger partial charge in [0.2, 0.25) is 0 Å². The zero-order chi connectivity index (χ0) is 19.8. The van der Waals surface area contributed by atoms with Crippen molar-refractivity contribution in [3.05, 3.63) is 35.0 Å². The molecule has 1 aromatic heterocycles. The largest absolute Gasteiger partial charge is 0.493 e. The maximum atomic E-state index is 9.79. The number of nitrogens with two attached hydrogens (primary N) is 1. The van der Waals surface area contributed by atoms with Crippen molar-refractivity contribution in [3.63, 3.8) is 0 Å². The number of nitrogens with zero attached hydrogens (tertiary/aromatic N) is 2. The Labute approximate surface area is 161 Å². The van der Waals surface area contributed by atoms with Crippen molar-refractivity contribution in [2.24, 2.45) is 11.3 Å². The van der Waals surface area contributed by atoms with Crippen molar-refractivity contribution in [1.29, 1.82) is 5.26 Å². The van der Waals surface area contributed by atoms with Crippen LogP contribution in [0.25, 0.3) is 11.1 Å². The lowest BCUT2D eigenvalue weighted by Crippen LogP contribution is -2.28. The third-order valence-corrected chi connectivity index (χ3v) is 5.60. The highest BCUT2D eigenvalue weighted by Crippen LogP contribution is 2.43. The second-order valence-electron chi connectivity index (χ2n) is 8.16. The van der Waals surface area contributed by atoms with Gasteiger partial charge in [0.05, 0.1) is 14.2 Å². The molecule has 0 amide bonds. The summed E-state index contributed by atoms with van der Waals surface area (Å²) >= 11 is 0. The molecule has 0 bridgehead atoms. The maximum Gasteiger partial charge on any atom is 0.161 e. The summed E-state index contributed by atoms with van der Waals surface area (Å²) in [5.74, 6) is 2.12. The first-order valence-electron chi connectivity index (χ1n) is 9.23. The third-order valence-electron chi connectivity index (χ3n) is 5.60. The highest BCUT2D eigenvalue weighted by atomic mass is 16.5. The van der Waals surface area contributed by atoms with E-state index in [-0.39, 0.29) is 5.41 Å². The van der Waals surface area contributed by atoms with Gasteiger partial charge >= 0.3 is 0 Å². The molecular weight excluding hydrogens is 338 g/mol. The van der Waals surface area contributed by atoms with Crippen LogP contribution in [0.15, 0.2) is 18.2 Å². The first-order chi connectivity index (χ1) is 12.8. The predicted octanol–water partition coefficient (Wildman–Crippen LogP) is 4.37. The fourth-order valence-corrected chi connectivity index (χ4v) is 3.94. The van der Waals surface area contributed by atoms with E-state index < -0.39 is 0 Å². The van der Waals surface area contributed by atoms with Crippen LogP contribution in [0.3, 0.4) is 0 Å². The van der Waals surface area contributed by atoms with Crippen LogP contribution in [0.2, 0.25) is 0 Å². The minimum atomic E-state index is 0.195. The standard InChI is InChI=1S/C22H27N3O2/c1-22(2,3)14-7-8-17-15(11-14)20(16(12-23)21(24)25-17)13-6-9-18(26-4)19(10-13)27-5/h6,9-10,14H,7-8,11H2,1-5H3,(H2,24,25)/t14-/m0/s1. The van der Waals surface area contributed by atoms with E-state index in [4.69, 9.17) is 15.2 Å². The first kappa shape index (κ1) is 19.0. The summed E-state index contributed by atoms with van der Waals surface area (Å²) in [6, 6.07) is 8.00. The summed E-state index contributed by atoms with van der Waals surface area (Å²) < 4.78 is 10.8. The Balaban J connectivity index is 2.23. The van der Waals surface area contributed by atoms with Gasteiger partial charge in [0.1, 0.15) is 17.5 Å². The molecule has 1 heterocycles. The molecular formula is C22H27N3O2. The minimum Gasteiger partial charge on any atom is -0.493 e. The van der Waals surface area contributed by atoms with E-state index in [0.29, 0.717) is 28.8 Å². The van der Waals surface area contributed by atoms with Crippen molar-refractivity contribution in [1.82, 2.24) is 4.98 Å². The number of anilines is 1. The molecule has 0 radical (unpaired) electrons. The van der Waals surface area contributed by atoms with Crippen LogP contribution in [0.1, 0.15) is 44.0 Å². The number of rotatable bonds is 3. The van der Waals surface area contributed by atoms with E-state index in [1.165, 1.54) is 0 Å². The highest BCUT2D eigenvalue weighted by molar-refractivity contribution is 5.80. The van der Waals surface area contributed by atoms with Gasteiger partial charge in [-0.15, -0.1) is 0 Å². The van der Waals surface area contributed by atoms with Crippen LogP contribution < -0.4 is 15.2 Å². The van der Waals surface area contributed by atoms with Gasteiger partial charge in [0.25, 0.3) is 0 Å². The molecule has 2 N–H and O–H groups in total. The number of hydrogen-bond acceptors (Lipinski definition) is 5. The number of benzene rings is 1. The fourth-order valence-electron chi connectivity index (χ4n) is 3.94. The zero-order valence-corrected chi connectivity index (χ0v) is 16.7. The van der Waals surface area contributed by atoms with Crippen LogP contribution in [-0.2, 0) is 12.8 Å². The molecule has 1 aliphatic rings. The predicted molar refractivity (Wildman–Crippen MR) is 107 cm³/mol. The normalized spacial score (nSPS) is 16.4. The average molecular weight is 365 g/mol. The molecule has 5 nitrogen and oxygen atoms in total. The van der Waals surface area contributed by atoms with Gasteiger partial charge in [0, 0.05) is 11.3 Å². The Kier molecular flexibility index (Phi) is 5.01. The van der Waals surface area contributed by atoms with Crippen molar-refractivity contribution in [2.75, 3.05) is 20.0 Å². The monoisotopic (exact) mass is 365 g/mol. The summed E-state index contributed by atoms with van der Waals surface area (Å²) in [7, 11) is 3.22. The second-order valence-corrected chi connectivity index (χ2v) is 8.16. The third kappa shape index (κ3) is 3.44. The van der Waals surface area contributed by atoms with E-state index in [1.807, 2.05) is 18.2 Å². The van der Waals surface area contributed by atoms with E-state index in [0.717, 1.165) is 41.6 Å². The molecule has 0 fully saturated rings. The number of pyridine rings is 1. The van der Waals surface area contributed by atoms with E-state index in [9.17, 15) is 5.26 Å². The van der Waals surface area contributed by atoms with Crippen LogP contribution in [0.4, 0.5) is 5.82 Å². The molecule has 1 aliphatic carbocycles. The van der Waals surface area contributed by atoms with E-state index in [1.54, 1.807) is 14.2 Å². The summed E-state index contributed by atoms with van der Waals surface area (Å²) in [4.78, 5) is 4.56. The number of aryl methyl sites for hydroxylation is 1. The van der Waals surface area contributed by atoms with E-state index >= 15 is 0 Å². The number of ether oxygens (including phenoxy) is 2. The number of aromatic nitrogens is 1. The van der Waals surface area contributed by atoms with Crippen molar-refractivity contribution >= 4 is 5.82 Å². The van der Waals surface area contributed by atoms with Crippen molar-refractivity contribution in [3.8, 4) is 28.7 Å². The van der Waals surface area contributed by atoms with E-state index in [2.05, 4.69) is 31.8 Å². The Hall–Kier alpha value is -2.74. The van der Waals surface area contributed by atoms with Crippen LogP contribution >= 0.6 is 0 Å². The molecule has 0 saturated carbocycles. The molecule has 1 aromatic carbocycles. The topological polar surface area (TPSA) is 81.2 Å². The minimum absolute atomic E-state index is 0.195. The molecule has 142 valence electrons. The molecule has 3 rings (SSSR count). The SMILES string of the molecule is COc1ccc(-c2c(C#N)c(N)nc3c2C[C@@H](C(C)(C)C)CC3)cc1OC. The lowest BCUT2D eigenvalue weighted by Gasteiger charge is -2.35. The maximum absolute atomic E-state index is 9.79. The van der Waals surface area contributed by atoms with Gasteiger partial charge in [-0.2, -0.15) is 5.26 Å². The lowest BCUT2D eigenvalue weighted by molar-refractivity contribution is 0.215. The van der Waals surface area contributed by atoms with Crippen molar-refractivity contribution < 1.29 is 9.47 Å². The van der Waals surface area contributed by atoms with Gasteiger partial charge in [0.15, 0.2) is 11.5 Å². The number of methoxy groups -OCH3 is 2. The Bertz CT molecular complexity index is 907. The number of nitriles is 1. The zero-order valence-electron chi connectivity index (χ0n) is 16.7. The molecule has 0 saturated heterocycles. The lowest BCUT2D eigenvalue weighted by atomic mass is 9.70. The molecule has 5 heteroatoms. The quantitative estimate of drug-likeness (QED) is 0.873. The van der Waals surface area contributed by atoms with Gasteiger partial charge in [-0.25, -0.2) is 4.98 Å². The fraction of sp³-hybridized carbons (Fsp3) is 0.455. The average Bonchev–Trinajstić information content (AvgIpc) is 2.65. The number of hydrogen-bond donors (Lipinski definition) is 1. The molecule has 0 unspecified atom stereocenters. The summed E-state index contributed by atoms with van der Waals surface area (Å²) in [6.07, 6.45) is 2.86. The summed E-state index contributed by atoms with van der Waals surface area (Å²) in [5.41, 5.74) is 10.7. The van der Waals surface area contributed by atoms with Gasteiger partial charge in [-0.1, -0.05) is 26.8 Å². The number of fused-ring (bicyclic) bond motifs is 1. The number of nitrogen functional groups attached to an aromatic ring is 1. The molecule has 1 atom stereocenters. The molecule has 2 aromatic rings. The van der Waals surface area contributed by atoms with Crippen LogP contribution in [0.5, 0.6) is 11.5 Å². The second kappa shape index (κ2) is 7.11.